The van der Waals surface area contributed by atoms with Crippen molar-refractivity contribution in [2.24, 2.45) is 0 Å². The van der Waals surface area contributed by atoms with E-state index in [9.17, 15) is 9.59 Å². The second kappa shape index (κ2) is 8.33. The van der Waals surface area contributed by atoms with Gasteiger partial charge in [-0.25, -0.2) is 9.59 Å². The first kappa shape index (κ1) is 16.2. The fourth-order valence-corrected chi connectivity index (χ4v) is 1.73. The number of esters is 1. The molecule has 0 atom stereocenters. The standard InChI is InChI=1S/C17H16N2O4/c1-22-16(20)15(11-14-9-5-6-10-18-14)19-17(21)23-12-13-7-3-2-4-8-13/h2-11H,12H2,1H3,(H,19,21)/b15-11+. The lowest BCUT2D eigenvalue weighted by molar-refractivity contribution is -0.136. The van der Waals surface area contributed by atoms with Crippen molar-refractivity contribution in [1.82, 2.24) is 10.3 Å². The molecule has 0 spiro atoms. The van der Waals surface area contributed by atoms with Gasteiger partial charge in [0.15, 0.2) is 0 Å². The molecule has 6 nitrogen and oxygen atoms in total. The number of carbonyl (C=O) groups excluding carboxylic acids is 2. The summed E-state index contributed by atoms with van der Waals surface area (Å²) < 4.78 is 9.71. The molecule has 0 unspecified atom stereocenters. The van der Waals surface area contributed by atoms with Crippen molar-refractivity contribution in [3.63, 3.8) is 0 Å². The molecule has 23 heavy (non-hydrogen) atoms. The molecule has 1 N–H and O–H groups in total. The first-order chi connectivity index (χ1) is 11.2. The van der Waals surface area contributed by atoms with Gasteiger partial charge in [-0.1, -0.05) is 36.4 Å². The van der Waals surface area contributed by atoms with Crippen LogP contribution in [0.3, 0.4) is 0 Å². The summed E-state index contributed by atoms with van der Waals surface area (Å²) >= 11 is 0. The number of alkyl carbamates (subject to hydrolysis) is 1. The van der Waals surface area contributed by atoms with Gasteiger partial charge < -0.3 is 9.47 Å². The van der Waals surface area contributed by atoms with Gasteiger partial charge in [-0.2, -0.15) is 0 Å². The average molecular weight is 312 g/mol. The Morgan fingerprint density at radius 2 is 1.87 bits per heavy atom. The van der Waals surface area contributed by atoms with Crippen molar-refractivity contribution in [1.29, 1.82) is 0 Å². The minimum absolute atomic E-state index is 0.0516. The first-order valence-electron chi connectivity index (χ1n) is 6.88. The van der Waals surface area contributed by atoms with E-state index in [2.05, 4.69) is 15.0 Å². The van der Waals surface area contributed by atoms with E-state index < -0.39 is 12.1 Å². The van der Waals surface area contributed by atoms with E-state index in [0.29, 0.717) is 5.69 Å². The predicted molar refractivity (Wildman–Crippen MR) is 84.0 cm³/mol. The van der Waals surface area contributed by atoms with E-state index in [-0.39, 0.29) is 12.3 Å². The average Bonchev–Trinajstić information content (AvgIpc) is 2.60. The highest BCUT2D eigenvalue weighted by atomic mass is 16.6. The zero-order valence-electron chi connectivity index (χ0n) is 12.6. The molecule has 2 aromatic rings. The van der Waals surface area contributed by atoms with E-state index in [4.69, 9.17) is 4.74 Å². The highest BCUT2D eigenvalue weighted by Crippen LogP contribution is 2.05. The molecule has 0 aliphatic rings. The van der Waals surface area contributed by atoms with E-state index in [0.717, 1.165) is 5.56 Å². The number of amides is 1. The Morgan fingerprint density at radius 3 is 2.52 bits per heavy atom. The molecule has 1 aromatic heterocycles. The second-order valence-corrected chi connectivity index (χ2v) is 4.49. The number of benzene rings is 1. The number of pyridine rings is 1. The molecular weight excluding hydrogens is 296 g/mol. The number of carbonyl (C=O) groups is 2. The molecule has 1 aromatic carbocycles. The van der Waals surface area contributed by atoms with Crippen molar-refractivity contribution in [2.75, 3.05) is 7.11 Å². The third-order valence-corrected chi connectivity index (χ3v) is 2.83. The van der Waals surface area contributed by atoms with Gasteiger partial charge in [-0.3, -0.25) is 10.3 Å². The largest absolute Gasteiger partial charge is 0.464 e. The summed E-state index contributed by atoms with van der Waals surface area (Å²) in [7, 11) is 1.23. The van der Waals surface area contributed by atoms with Crippen molar-refractivity contribution < 1.29 is 19.1 Å². The molecule has 0 fully saturated rings. The molecule has 0 radical (unpaired) electrons. The number of hydrogen-bond acceptors (Lipinski definition) is 5. The number of nitrogens with zero attached hydrogens (tertiary/aromatic N) is 1. The molecular formula is C17H16N2O4. The first-order valence-corrected chi connectivity index (χ1v) is 6.88. The second-order valence-electron chi connectivity index (χ2n) is 4.49. The normalized spacial score (nSPS) is 10.7. The van der Waals surface area contributed by atoms with Gasteiger partial charge >= 0.3 is 12.1 Å². The Bertz CT molecular complexity index is 684. The van der Waals surface area contributed by atoms with Crippen LogP contribution in [-0.2, 0) is 20.9 Å². The van der Waals surface area contributed by atoms with E-state index >= 15 is 0 Å². The summed E-state index contributed by atoms with van der Waals surface area (Å²) in [6.45, 7) is 0.102. The molecule has 118 valence electrons. The number of ether oxygens (including phenoxy) is 2. The van der Waals surface area contributed by atoms with Crippen molar-refractivity contribution in [3.8, 4) is 0 Å². The maximum atomic E-state index is 11.8. The summed E-state index contributed by atoms with van der Waals surface area (Å²) in [5.41, 5.74) is 1.30. The van der Waals surface area contributed by atoms with Crippen LogP contribution in [0.5, 0.6) is 0 Å². The van der Waals surface area contributed by atoms with Gasteiger partial charge in [-0.05, 0) is 23.8 Å². The van der Waals surface area contributed by atoms with Crippen LogP contribution in [0.1, 0.15) is 11.3 Å². The van der Waals surface area contributed by atoms with E-state index in [1.807, 2.05) is 30.3 Å². The highest BCUT2D eigenvalue weighted by Gasteiger charge is 2.14. The van der Waals surface area contributed by atoms with Crippen LogP contribution < -0.4 is 5.32 Å². The molecule has 1 amide bonds. The third-order valence-electron chi connectivity index (χ3n) is 2.83. The topological polar surface area (TPSA) is 77.5 Å². The molecule has 1 heterocycles. The number of rotatable bonds is 5. The molecule has 6 heteroatoms. The summed E-state index contributed by atoms with van der Waals surface area (Å²) in [6.07, 6.45) is 2.24. The van der Waals surface area contributed by atoms with Crippen molar-refractivity contribution >= 4 is 18.1 Å². The Balaban J connectivity index is 2.01. The molecule has 0 saturated carbocycles. The summed E-state index contributed by atoms with van der Waals surface area (Å²) in [6, 6.07) is 14.4. The zero-order valence-corrected chi connectivity index (χ0v) is 12.6. The maximum absolute atomic E-state index is 11.8. The Morgan fingerprint density at radius 1 is 1.13 bits per heavy atom. The van der Waals surface area contributed by atoms with Crippen LogP contribution in [0, 0.1) is 0 Å². The summed E-state index contributed by atoms with van der Waals surface area (Å²) in [5, 5.41) is 2.37. The van der Waals surface area contributed by atoms with Gasteiger partial charge in [0, 0.05) is 6.20 Å². The molecule has 0 saturated heterocycles. The van der Waals surface area contributed by atoms with Crippen LogP contribution in [0.4, 0.5) is 4.79 Å². The molecule has 0 aliphatic heterocycles. The van der Waals surface area contributed by atoms with Gasteiger partial charge in [0.25, 0.3) is 0 Å². The number of hydrogen-bond donors (Lipinski definition) is 1. The Labute approximate surface area is 133 Å². The lowest BCUT2D eigenvalue weighted by Crippen LogP contribution is -2.28. The smallest absolute Gasteiger partial charge is 0.412 e. The molecule has 0 aliphatic carbocycles. The van der Waals surface area contributed by atoms with Crippen molar-refractivity contribution in [2.45, 2.75) is 6.61 Å². The van der Waals surface area contributed by atoms with Gasteiger partial charge in [-0.15, -0.1) is 0 Å². The summed E-state index contributed by atoms with van der Waals surface area (Å²) in [4.78, 5) is 27.6. The number of methoxy groups -OCH3 is 1. The Hall–Kier alpha value is -3.15. The fourth-order valence-electron chi connectivity index (χ4n) is 1.73. The Kier molecular flexibility index (Phi) is 5.88. The maximum Gasteiger partial charge on any atom is 0.412 e. The van der Waals surface area contributed by atoms with E-state index in [1.165, 1.54) is 13.2 Å². The lowest BCUT2D eigenvalue weighted by Gasteiger charge is -2.09. The minimum Gasteiger partial charge on any atom is -0.464 e. The molecule has 0 bridgehead atoms. The number of nitrogens with one attached hydrogen (secondary N) is 1. The molecule has 2 rings (SSSR count). The van der Waals surface area contributed by atoms with Gasteiger partial charge in [0.05, 0.1) is 12.8 Å². The van der Waals surface area contributed by atoms with E-state index in [1.54, 1.807) is 24.4 Å². The van der Waals surface area contributed by atoms with Crippen LogP contribution in [0.2, 0.25) is 0 Å². The zero-order chi connectivity index (χ0) is 16.5. The van der Waals surface area contributed by atoms with Gasteiger partial charge in [0.2, 0.25) is 0 Å². The minimum atomic E-state index is -0.749. The van der Waals surface area contributed by atoms with Gasteiger partial charge in [0.1, 0.15) is 12.3 Å². The van der Waals surface area contributed by atoms with Crippen molar-refractivity contribution in [3.05, 3.63) is 71.7 Å². The van der Waals surface area contributed by atoms with Crippen LogP contribution >= 0.6 is 0 Å². The van der Waals surface area contributed by atoms with Crippen LogP contribution in [-0.4, -0.2) is 24.2 Å². The quantitative estimate of drug-likeness (QED) is 0.678. The lowest BCUT2D eigenvalue weighted by atomic mass is 10.2. The fraction of sp³-hybridized carbons (Fsp3) is 0.118. The number of aromatic nitrogens is 1. The third kappa shape index (κ3) is 5.28. The van der Waals surface area contributed by atoms with Crippen LogP contribution in [0.25, 0.3) is 6.08 Å². The predicted octanol–water partition coefficient (Wildman–Crippen LogP) is 2.52. The SMILES string of the molecule is COC(=O)/C(=C\c1ccccn1)NC(=O)OCc1ccccc1. The summed E-state index contributed by atoms with van der Waals surface area (Å²) in [5.74, 6) is -0.688. The monoisotopic (exact) mass is 312 g/mol. The van der Waals surface area contributed by atoms with Crippen LogP contribution in [0.15, 0.2) is 60.4 Å². The highest BCUT2D eigenvalue weighted by molar-refractivity contribution is 5.96.